The first-order chi connectivity index (χ1) is 16.4. The maximum absolute atomic E-state index is 13.0. The van der Waals surface area contributed by atoms with Crippen LogP contribution in [0.3, 0.4) is 0 Å². The van der Waals surface area contributed by atoms with Gasteiger partial charge in [-0.2, -0.15) is 4.31 Å². The van der Waals surface area contributed by atoms with Crippen molar-refractivity contribution in [3.8, 4) is 5.75 Å². The third-order valence-electron chi connectivity index (χ3n) is 6.00. The minimum absolute atomic E-state index is 0.0856. The van der Waals surface area contributed by atoms with Crippen LogP contribution in [0.2, 0.25) is 0 Å². The maximum Gasteiger partial charge on any atom is 0.243 e. The Morgan fingerprint density at radius 2 is 1.91 bits per heavy atom. The second kappa shape index (κ2) is 10.5. The Kier molecular flexibility index (Phi) is 7.50. The van der Waals surface area contributed by atoms with Crippen LogP contribution in [0, 0.1) is 0 Å². The van der Waals surface area contributed by atoms with Crippen molar-refractivity contribution in [2.45, 2.75) is 30.6 Å². The van der Waals surface area contributed by atoms with E-state index >= 15 is 0 Å². The van der Waals surface area contributed by atoms with Crippen LogP contribution in [0.4, 0.5) is 11.4 Å². The van der Waals surface area contributed by atoms with Crippen molar-refractivity contribution in [2.24, 2.45) is 0 Å². The van der Waals surface area contributed by atoms with Crippen molar-refractivity contribution in [3.63, 3.8) is 0 Å². The quantitative estimate of drug-likeness (QED) is 0.613. The van der Waals surface area contributed by atoms with Crippen LogP contribution in [-0.2, 0) is 30.8 Å². The number of nitrogens with zero attached hydrogens (tertiary/aromatic N) is 2. The molecule has 4 rings (SSSR count). The van der Waals surface area contributed by atoms with Gasteiger partial charge in [0.25, 0.3) is 0 Å². The number of hydrogen-bond donors (Lipinski definition) is 1. The summed E-state index contributed by atoms with van der Waals surface area (Å²) in [5, 5.41) is 2.87. The van der Waals surface area contributed by atoms with Crippen molar-refractivity contribution < 1.29 is 27.5 Å². The number of amides is 2. The molecule has 0 saturated carbocycles. The first kappa shape index (κ1) is 24.2. The molecule has 2 fully saturated rings. The molecule has 0 aromatic heterocycles. The third kappa shape index (κ3) is 5.40. The summed E-state index contributed by atoms with van der Waals surface area (Å²) in [6, 6.07) is 11.9. The van der Waals surface area contributed by atoms with Crippen LogP contribution in [0.15, 0.2) is 47.4 Å². The molecule has 1 N–H and O–H groups in total. The van der Waals surface area contributed by atoms with Crippen LogP contribution in [0.1, 0.15) is 24.8 Å². The standard InChI is InChI=1S/C24H29N3O6S/c1-32-22-9-8-21(34(30,31)26-12-14-33-15-13-26)16-18(22)7-10-23(28)25-19-4-2-5-20(17-19)27-11-3-6-24(27)29/h2,4-5,8-9,16-17H,3,6-7,10-15H2,1H3,(H,25,28). The van der Waals surface area contributed by atoms with Gasteiger partial charge < -0.3 is 19.7 Å². The highest BCUT2D eigenvalue weighted by atomic mass is 32.2. The van der Waals surface area contributed by atoms with Crippen LogP contribution >= 0.6 is 0 Å². The van der Waals surface area contributed by atoms with E-state index in [1.165, 1.54) is 17.5 Å². The van der Waals surface area contributed by atoms with Crippen molar-refractivity contribution in [1.29, 1.82) is 0 Å². The molecular weight excluding hydrogens is 458 g/mol. The minimum Gasteiger partial charge on any atom is -0.496 e. The fraction of sp³-hybridized carbons (Fsp3) is 0.417. The van der Waals surface area contributed by atoms with Gasteiger partial charge in [0.05, 0.1) is 25.2 Å². The summed E-state index contributed by atoms with van der Waals surface area (Å²) in [6.45, 7) is 2.05. The zero-order chi connectivity index (χ0) is 24.1. The van der Waals surface area contributed by atoms with E-state index in [4.69, 9.17) is 9.47 Å². The summed E-state index contributed by atoms with van der Waals surface area (Å²) in [6.07, 6.45) is 1.83. The van der Waals surface area contributed by atoms with Gasteiger partial charge >= 0.3 is 0 Å². The lowest BCUT2D eigenvalue weighted by molar-refractivity contribution is -0.117. The molecule has 0 aliphatic carbocycles. The lowest BCUT2D eigenvalue weighted by atomic mass is 10.1. The average Bonchev–Trinajstić information content (AvgIpc) is 3.29. The van der Waals surface area contributed by atoms with Crippen LogP contribution in [-0.4, -0.2) is 64.5 Å². The number of benzene rings is 2. The predicted molar refractivity (Wildman–Crippen MR) is 128 cm³/mol. The second-order valence-corrected chi connectivity index (χ2v) is 10.2. The zero-order valence-corrected chi connectivity index (χ0v) is 20.0. The van der Waals surface area contributed by atoms with E-state index in [0.717, 1.165) is 12.1 Å². The van der Waals surface area contributed by atoms with E-state index in [9.17, 15) is 18.0 Å². The van der Waals surface area contributed by atoms with Gasteiger partial charge in [0.1, 0.15) is 5.75 Å². The van der Waals surface area contributed by atoms with Crippen molar-refractivity contribution >= 4 is 33.2 Å². The van der Waals surface area contributed by atoms with Gasteiger partial charge in [-0.25, -0.2) is 8.42 Å². The van der Waals surface area contributed by atoms with Gasteiger partial charge in [-0.1, -0.05) is 6.07 Å². The fourth-order valence-electron chi connectivity index (χ4n) is 4.19. The highest BCUT2D eigenvalue weighted by Gasteiger charge is 2.27. The number of hydrogen-bond acceptors (Lipinski definition) is 6. The van der Waals surface area contributed by atoms with Crippen LogP contribution in [0.25, 0.3) is 0 Å². The molecule has 2 aliphatic rings. The number of ether oxygens (including phenoxy) is 2. The van der Waals surface area contributed by atoms with Crippen molar-refractivity contribution in [1.82, 2.24) is 4.31 Å². The normalized spacial score (nSPS) is 17.1. The molecule has 2 aromatic rings. The monoisotopic (exact) mass is 487 g/mol. The van der Waals surface area contributed by atoms with Gasteiger partial charge in [0.2, 0.25) is 21.8 Å². The summed E-state index contributed by atoms with van der Waals surface area (Å²) in [5.74, 6) is 0.402. The predicted octanol–water partition coefficient (Wildman–Crippen LogP) is 2.41. The Balaban J connectivity index is 1.43. The molecule has 0 unspecified atom stereocenters. The minimum atomic E-state index is -3.65. The topological polar surface area (TPSA) is 105 Å². The van der Waals surface area contributed by atoms with Gasteiger partial charge in [-0.05, 0) is 54.8 Å². The van der Waals surface area contributed by atoms with E-state index in [1.807, 2.05) is 6.07 Å². The first-order valence-electron chi connectivity index (χ1n) is 11.3. The largest absolute Gasteiger partial charge is 0.496 e. The average molecular weight is 488 g/mol. The summed E-state index contributed by atoms with van der Waals surface area (Å²) < 4.78 is 38.1. The number of methoxy groups -OCH3 is 1. The van der Waals surface area contributed by atoms with E-state index < -0.39 is 10.0 Å². The summed E-state index contributed by atoms with van der Waals surface area (Å²) in [5.41, 5.74) is 2.02. The zero-order valence-electron chi connectivity index (χ0n) is 19.2. The molecule has 0 spiro atoms. The maximum atomic E-state index is 13.0. The highest BCUT2D eigenvalue weighted by molar-refractivity contribution is 7.89. The lowest BCUT2D eigenvalue weighted by Gasteiger charge is -2.26. The third-order valence-corrected chi connectivity index (χ3v) is 7.89. The Labute approximate surface area is 199 Å². The molecule has 0 radical (unpaired) electrons. The Morgan fingerprint density at radius 1 is 1.12 bits per heavy atom. The number of rotatable bonds is 8. The molecule has 34 heavy (non-hydrogen) atoms. The molecule has 2 aromatic carbocycles. The molecule has 0 bridgehead atoms. The van der Waals surface area contributed by atoms with Gasteiger partial charge in [-0.3, -0.25) is 9.59 Å². The highest BCUT2D eigenvalue weighted by Crippen LogP contribution is 2.27. The molecule has 9 nitrogen and oxygen atoms in total. The summed E-state index contributed by atoms with van der Waals surface area (Å²) in [7, 11) is -2.13. The van der Waals surface area contributed by atoms with Gasteiger partial charge in [0.15, 0.2) is 0 Å². The Hall–Kier alpha value is -2.95. The Bertz CT molecular complexity index is 1160. The number of anilines is 2. The molecule has 2 saturated heterocycles. The smallest absolute Gasteiger partial charge is 0.243 e. The molecule has 182 valence electrons. The number of nitrogens with one attached hydrogen (secondary N) is 1. The van der Waals surface area contributed by atoms with Crippen LogP contribution in [0.5, 0.6) is 5.75 Å². The van der Waals surface area contributed by atoms with E-state index in [2.05, 4.69) is 5.32 Å². The number of carbonyl (C=O) groups is 2. The van der Waals surface area contributed by atoms with E-state index in [1.54, 1.807) is 35.2 Å². The number of morpholine rings is 1. The molecule has 2 heterocycles. The van der Waals surface area contributed by atoms with Crippen LogP contribution < -0.4 is 15.0 Å². The molecule has 2 amide bonds. The molecule has 10 heteroatoms. The number of carbonyl (C=O) groups excluding carboxylic acids is 2. The molecular formula is C24H29N3O6S. The summed E-state index contributed by atoms with van der Waals surface area (Å²) >= 11 is 0. The van der Waals surface area contributed by atoms with Gasteiger partial charge in [-0.15, -0.1) is 0 Å². The first-order valence-corrected chi connectivity index (χ1v) is 12.8. The van der Waals surface area contributed by atoms with E-state index in [0.29, 0.717) is 62.7 Å². The Morgan fingerprint density at radius 3 is 2.62 bits per heavy atom. The molecule has 2 aliphatic heterocycles. The summed E-state index contributed by atoms with van der Waals surface area (Å²) in [4.78, 5) is 26.5. The number of sulfonamides is 1. The van der Waals surface area contributed by atoms with Crippen molar-refractivity contribution in [3.05, 3.63) is 48.0 Å². The number of aryl methyl sites for hydroxylation is 1. The van der Waals surface area contributed by atoms with E-state index in [-0.39, 0.29) is 23.1 Å². The second-order valence-electron chi connectivity index (χ2n) is 8.24. The fourth-order valence-corrected chi connectivity index (χ4v) is 5.65. The SMILES string of the molecule is COc1ccc(S(=O)(=O)N2CCOCC2)cc1CCC(=O)Nc1cccc(N2CCCC2=O)c1. The van der Waals surface area contributed by atoms with Crippen molar-refractivity contribution in [2.75, 3.05) is 50.2 Å². The van der Waals surface area contributed by atoms with Gasteiger partial charge in [0, 0.05) is 43.9 Å². The lowest BCUT2D eigenvalue weighted by Crippen LogP contribution is -2.40. The molecule has 0 atom stereocenters.